The van der Waals surface area contributed by atoms with E-state index >= 15 is 0 Å². The largest absolute Gasteiger partial charge is 0.492 e. The van der Waals surface area contributed by atoms with Crippen LogP contribution in [0.25, 0.3) is 0 Å². The van der Waals surface area contributed by atoms with Gasteiger partial charge in [-0.25, -0.2) is 4.79 Å². The predicted octanol–water partition coefficient (Wildman–Crippen LogP) is 4.41. The first kappa shape index (κ1) is 16.9. The van der Waals surface area contributed by atoms with Crippen molar-refractivity contribution in [1.29, 1.82) is 0 Å². The standard InChI is InChI=1S/C19H23NO3/c1-3-10-18(22-4-2)17-13-8-9-14-20(17)19(21)23-15-16-11-6-5-7-12-16/h3,5-7,10-13H,1,4,8-9,14-15H2,2H3/b18-10+. The number of allylic oxidation sites excluding steroid dienone is 3. The van der Waals surface area contributed by atoms with Crippen molar-refractivity contribution in [3.05, 3.63) is 72.2 Å². The number of amides is 1. The van der Waals surface area contributed by atoms with Crippen molar-refractivity contribution >= 4 is 6.09 Å². The van der Waals surface area contributed by atoms with Crippen molar-refractivity contribution in [3.8, 4) is 0 Å². The van der Waals surface area contributed by atoms with Gasteiger partial charge >= 0.3 is 6.09 Å². The van der Waals surface area contributed by atoms with Crippen LogP contribution in [-0.2, 0) is 16.1 Å². The molecule has 0 unspecified atom stereocenters. The molecule has 0 aliphatic carbocycles. The van der Waals surface area contributed by atoms with E-state index in [0.29, 0.717) is 18.9 Å². The molecule has 0 saturated heterocycles. The number of ether oxygens (including phenoxy) is 2. The summed E-state index contributed by atoms with van der Waals surface area (Å²) in [6.07, 6.45) is 6.93. The monoisotopic (exact) mass is 313 g/mol. The van der Waals surface area contributed by atoms with Crippen LogP contribution in [0.5, 0.6) is 0 Å². The Hall–Kier alpha value is -2.49. The molecule has 1 amide bonds. The first-order valence-electron chi connectivity index (χ1n) is 7.90. The molecule has 1 aliphatic rings. The smallest absolute Gasteiger partial charge is 0.414 e. The van der Waals surface area contributed by atoms with E-state index in [1.807, 2.05) is 43.3 Å². The van der Waals surface area contributed by atoms with E-state index in [-0.39, 0.29) is 12.7 Å². The highest BCUT2D eigenvalue weighted by molar-refractivity contribution is 5.71. The van der Waals surface area contributed by atoms with E-state index in [1.54, 1.807) is 17.1 Å². The highest BCUT2D eigenvalue weighted by Gasteiger charge is 2.25. The Kier molecular flexibility index (Phi) is 6.48. The minimum Gasteiger partial charge on any atom is -0.492 e. The Balaban J connectivity index is 2.07. The number of hydrogen-bond acceptors (Lipinski definition) is 3. The molecule has 1 aromatic rings. The first-order valence-corrected chi connectivity index (χ1v) is 7.90. The minimum absolute atomic E-state index is 0.262. The number of carbonyl (C=O) groups excluding carboxylic acids is 1. The molecule has 0 fully saturated rings. The van der Waals surface area contributed by atoms with Crippen molar-refractivity contribution in [2.75, 3.05) is 13.2 Å². The molecule has 1 heterocycles. The summed E-state index contributed by atoms with van der Waals surface area (Å²) in [6, 6.07) is 9.66. The molecule has 4 heteroatoms. The van der Waals surface area contributed by atoms with Gasteiger partial charge in [-0.3, -0.25) is 4.90 Å². The molecule has 122 valence electrons. The van der Waals surface area contributed by atoms with Crippen LogP contribution in [0.4, 0.5) is 4.79 Å². The summed E-state index contributed by atoms with van der Waals surface area (Å²) in [7, 11) is 0. The van der Waals surface area contributed by atoms with Gasteiger partial charge in [0.2, 0.25) is 0 Å². The molecule has 0 atom stereocenters. The summed E-state index contributed by atoms with van der Waals surface area (Å²) in [5, 5.41) is 0. The number of benzene rings is 1. The molecular weight excluding hydrogens is 290 g/mol. The Morgan fingerprint density at radius 3 is 2.78 bits per heavy atom. The Labute approximate surface area is 137 Å². The fraction of sp³-hybridized carbons (Fsp3) is 0.316. The lowest BCUT2D eigenvalue weighted by Crippen LogP contribution is -2.35. The third kappa shape index (κ3) is 4.74. The highest BCUT2D eigenvalue weighted by Crippen LogP contribution is 2.24. The maximum absolute atomic E-state index is 12.4. The van der Waals surface area contributed by atoms with Crippen LogP contribution in [0, 0.1) is 0 Å². The van der Waals surface area contributed by atoms with Gasteiger partial charge < -0.3 is 9.47 Å². The fourth-order valence-corrected chi connectivity index (χ4v) is 2.41. The summed E-state index contributed by atoms with van der Waals surface area (Å²) in [5.41, 5.74) is 1.73. The SMILES string of the molecule is C=C/C=C(/OCC)C1=CCCCN1C(=O)OCc1ccccc1. The zero-order valence-corrected chi connectivity index (χ0v) is 13.5. The van der Waals surface area contributed by atoms with Gasteiger partial charge in [-0.2, -0.15) is 0 Å². The van der Waals surface area contributed by atoms with Gasteiger partial charge in [-0.1, -0.05) is 49.1 Å². The van der Waals surface area contributed by atoms with Gasteiger partial charge in [0, 0.05) is 6.54 Å². The van der Waals surface area contributed by atoms with Gasteiger partial charge in [0.25, 0.3) is 0 Å². The number of hydrogen-bond donors (Lipinski definition) is 0. The maximum atomic E-state index is 12.4. The maximum Gasteiger partial charge on any atom is 0.414 e. The van der Waals surface area contributed by atoms with Crippen LogP contribution in [0.15, 0.2) is 66.6 Å². The number of nitrogens with zero attached hydrogens (tertiary/aromatic N) is 1. The second kappa shape index (κ2) is 8.83. The summed E-state index contributed by atoms with van der Waals surface area (Å²) >= 11 is 0. The molecule has 0 spiro atoms. The van der Waals surface area contributed by atoms with Crippen molar-refractivity contribution in [2.24, 2.45) is 0 Å². The topological polar surface area (TPSA) is 38.8 Å². The van der Waals surface area contributed by atoms with E-state index < -0.39 is 0 Å². The van der Waals surface area contributed by atoms with Crippen LogP contribution >= 0.6 is 0 Å². The zero-order valence-electron chi connectivity index (χ0n) is 13.5. The van der Waals surface area contributed by atoms with Crippen LogP contribution in [0.3, 0.4) is 0 Å². The Bertz CT molecular complexity index is 590. The summed E-state index contributed by atoms with van der Waals surface area (Å²) in [6.45, 7) is 7.04. The molecule has 23 heavy (non-hydrogen) atoms. The highest BCUT2D eigenvalue weighted by atomic mass is 16.6. The van der Waals surface area contributed by atoms with E-state index in [0.717, 1.165) is 24.1 Å². The molecule has 4 nitrogen and oxygen atoms in total. The molecule has 0 aromatic heterocycles. The Morgan fingerprint density at radius 1 is 1.30 bits per heavy atom. The summed E-state index contributed by atoms with van der Waals surface area (Å²) in [4.78, 5) is 14.1. The van der Waals surface area contributed by atoms with Gasteiger partial charge in [0.1, 0.15) is 12.4 Å². The van der Waals surface area contributed by atoms with Gasteiger partial charge in [0.05, 0.1) is 12.3 Å². The average Bonchev–Trinajstić information content (AvgIpc) is 2.60. The van der Waals surface area contributed by atoms with Crippen molar-refractivity contribution in [1.82, 2.24) is 4.90 Å². The van der Waals surface area contributed by atoms with Crippen LogP contribution in [-0.4, -0.2) is 24.1 Å². The lowest BCUT2D eigenvalue weighted by atomic mass is 10.1. The second-order valence-electron chi connectivity index (χ2n) is 5.12. The molecule has 1 aromatic carbocycles. The normalized spacial score (nSPS) is 14.9. The van der Waals surface area contributed by atoms with Gasteiger partial charge in [-0.05, 0) is 31.4 Å². The fourth-order valence-electron chi connectivity index (χ4n) is 2.41. The molecular formula is C19H23NO3. The number of rotatable bonds is 6. The molecule has 2 rings (SSSR count). The van der Waals surface area contributed by atoms with Gasteiger partial charge in [0.15, 0.2) is 0 Å². The van der Waals surface area contributed by atoms with E-state index in [1.165, 1.54) is 0 Å². The molecule has 0 saturated carbocycles. The number of carbonyl (C=O) groups is 1. The third-order valence-corrected chi connectivity index (χ3v) is 3.46. The first-order chi connectivity index (χ1) is 11.3. The quantitative estimate of drug-likeness (QED) is 0.577. The van der Waals surface area contributed by atoms with Crippen LogP contribution in [0.1, 0.15) is 25.3 Å². The lowest BCUT2D eigenvalue weighted by Gasteiger charge is -2.29. The summed E-state index contributed by atoms with van der Waals surface area (Å²) in [5.74, 6) is 0.652. The van der Waals surface area contributed by atoms with Gasteiger partial charge in [-0.15, -0.1) is 0 Å². The van der Waals surface area contributed by atoms with E-state index in [2.05, 4.69) is 6.58 Å². The van der Waals surface area contributed by atoms with Crippen molar-refractivity contribution < 1.29 is 14.3 Å². The Morgan fingerprint density at radius 2 is 2.09 bits per heavy atom. The molecule has 0 bridgehead atoms. The van der Waals surface area contributed by atoms with Crippen molar-refractivity contribution in [2.45, 2.75) is 26.4 Å². The molecule has 1 aliphatic heterocycles. The molecule has 0 N–H and O–H groups in total. The zero-order chi connectivity index (χ0) is 16.5. The van der Waals surface area contributed by atoms with Crippen LogP contribution in [0.2, 0.25) is 0 Å². The third-order valence-electron chi connectivity index (χ3n) is 3.46. The van der Waals surface area contributed by atoms with E-state index in [9.17, 15) is 4.79 Å². The van der Waals surface area contributed by atoms with Crippen molar-refractivity contribution in [3.63, 3.8) is 0 Å². The second-order valence-corrected chi connectivity index (χ2v) is 5.12. The van der Waals surface area contributed by atoms with Crippen LogP contribution < -0.4 is 0 Å². The predicted molar refractivity (Wildman–Crippen MR) is 90.6 cm³/mol. The average molecular weight is 313 g/mol. The summed E-state index contributed by atoms with van der Waals surface area (Å²) < 4.78 is 11.1. The minimum atomic E-state index is -0.352. The lowest BCUT2D eigenvalue weighted by molar-refractivity contribution is 0.101. The molecule has 0 radical (unpaired) electrons. The van der Waals surface area contributed by atoms with E-state index in [4.69, 9.17) is 9.47 Å².